The van der Waals surface area contributed by atoms with E-state index in [1.165, 1.54) is 11.1 Å². The molecule has 0 aliphatic carbocycles. The van der Waals surface area contributed by atoms with Gasteiger partial charge in [0, 0.05) is 6.20 Å². The zero-order chi connectivity index (χ0) is 20.6. The summed E-state index contributed by atoms with van der Waals surface area (Å²) in [7, 11) is 0. The van der Waals surface area contributed by atoms with Crippen molar-refractivity contribution >= 4 is 11.6 Å². The predicted molar refractivity (Wildman–Crippen MR) is 114 cm³/mol. The van der Waals surface area contributed by atoms with Gasteiger partial charge in [-0.3, -0.25) is 9.48 Å². The van der Waals surface area contributed by atoms with E-state index in [9.17, 15) is 4.79 Å². The molecule has 2 aromatic carbocycles. The molecule has 0 fully saturated rings. The summed E-state index contributed by atoms with van der Waals surface area (Å²) in [5, 5.41) is 7.26. The Balaban J connectivity index is 1.62. The fraction of sp³-hybridized carbons (Fsp3) is 0.304. The van der Waals surface area contributed by atoms with Crippen molar-refractivity contribution in [1.82, 2.24) is 9.78 Å². The van der Waals surface area contributed by atoms with Gasteiger partial charge in [0.05, 0.1) is 38.1 Å². The summed E-state index contributed by atoms with van der Waals surface area (Å²) >= 11 is 0. The molecule has 1 heterocycles. The topological polar surface area (TPSA) is 65.4 Å². The maximum atomic E-state index is 12.5. The summed E-state index contributed by atoms with van der Waals surface area (Å²) in [6.07, 6.45) is 3.75. The minimum atomic E-state index is -0.105. The molecule has 3 rings (SSSR count). The summed E-state index contributed by atoms with van der Waals surface area (Å²) in [5.41, 5.74) is 3.96. The molecule has 0 atom stereocenters. The fourth-order valence-electron chi connectivity index (χ4n) is 3.07. The van der Waals surface area contributed by atoms with Gasteiger partial charge in [-0.15, -0.1) is 0 Å². The number of benzene rings is 2. The van der Waals surface area contributed by atoms with E-state index >= 15 is 0 Å². The molecule has 1 N–H and O–H groups in total. The van der Waals surface area contributed by atoms with Crippen LogP contribution < -0.4 is 14.8 Å². The number of aromatic nitrogens is 2. The van der Waals surface area contributed by atoms with E-state index in [1.807, 2.05) is 55.1 Å². The average molecular weight is 393 g/mol. The number of rotatable bonds is 9. The Morgan fingerprint density at radius 2 is 1.83 bits per heavy atom. The summed E-state index contributed by atoms with van der Waals surface area (Å²) in [6.45, 7) is 7.69. The van der Waals surface area contributed by atoms with Crippen LogP contribution in [-0.2, 0) is 17.8 Å². The Labute approximate surface area is 171 Å². The number of nitrogens with zero attached hydrogens (tertiary/aromatic N) is 2. The molecular weight excluding hydrogens is 366 g/mol. The third-order valence-electron chi connectivity index (χ3n) is 4.48. The highest BCUT2D eigenvalue weighted by Crippen LogP contribution is 2.28. The summed E-state index contributed by atoms with van der Waals surface area (Å²) in [5.74, 6) is 1.24. The van der Waals surface area contributed by atoms with Crippen molar-refractivity contribution in [3.63, 3.8) is 0 Å². The Morgan fingerprint density at radius 3 is 2.59 bits per heavy atom. The first-order valence-corrected chi connectivity index (χ1v) is 9.84. The van der Waals surface area contributed by atoms with E-state index in [1.54, 1.807) is 6.20 Å². The van der Waals surface area contributed by atoms with Crippen LogP contribution in [0.1, 0.15) is 30.5 Å². The molecule has 0 aliphatic rings. The SMILES string of the molecule is CCOc1ccc(CC(=O)Nc2cnn(Cc3ccccc3C)c2)cc1OCC. The van der Waals surface area contributed by atoms with Crippen LogP contribution in [0, 0.1) is 6.92 Å². The first kappa shape index (κ1) is 20.5. The van der Waals surface area contributed by atoms with Crippen molar-refractivity contribution < 1.29 is 14.3 Å². The summed E-state index contributed by atoms with van der Waals surface area (Å²) < 4.78 is 13.0. The predicted octanol–water partition coefficient (Wildman–Crippen LogP) is 4.22. The number of hydrogen-bond donors (Lipinski definition) is 1. The largest absolute Gasteiger partial charge is 0.490 e. The molecule has 1 amide bonds. The second kappa shape index (κ2) is 9.78. The highest BCUT2D eigenvalue weighted by atomic mass is 16.5. The molecule has 6 nitrogen and oxygen atoms in total. The minimum Gasteiger partial charge on any atom is -0.490 e. The van der Waals surface area contributed by atoms with Crippen LogP contribution in [0.4, 0.5) is 5.69 Å². The number of nitrogens with one attached hydrogen (secondary N) is 1. The molecule has 0 unspecified atom stereocenters. The highest BCUT2D eigenvalue weighted by molar-refractivity contribution is 5.92. The minimum absolute atomic E-state index is 0.105. The van der Waals surface area contributed by atoms with E-state index in [2.05, 4.69) is 29.5 Å². The number of amides is 1. The van der Waals surface area contributed by atoms with Crippen LogP contribution in [0.25, 0.3) is 0 Å². The van der Waals surface area contributed by atoms with Crippen LogP contribution in [0.15, 0.2) is 54.9 Å². The average Bonchev–Trinajstić information content (AvgIpc) is 3.13. The molecule has 29 heavy (non-hydrogen) atoms. The van der Waals surface area contributed by atoms with Crippen molar-refractivity contribution in [3.8, 4) is 11.5 Å². The van der Waals surface area contributed by atoms with Crippen molar-refractivity contribution in [1.29, 1.82) is 0 Å². The number of hydrogen-bond acceptors (Lipinski definition) is 4. The van der Waals surface area contributed by atoms with Gasteiger partial charge >= 0.3 is 0 Å². The molecule has 3 aromatic rings. The number of carbonyl (C=O) groups is 1. The van der Waals surface area contributed by atoms with Gasteiger partial charge in [0.25, 0.3) is 0 Å². The maximum absolute atomic E-state index is 12.5. The molecule has 0 radical (unpaired) electrons. The Kier molecular flexibility index (Phi) is 6.89. The second-order valence-electron chi connectivity index (χ2n) is 6.73. The van der Waals surface area contributed by atoms with Gasteiger partial charge in [-0.25, -0.2) is 0 Å². The van der Waals surface area contributed by atoms with Crippen molar-refractivity contribution in [2.24, 2.45) is 0 Å². The van der Waals surface area contributed by atoms with Crippen molar-refractivity contribution in [2.45, 2.75) is 33.7 Å². The molecule has 1 aromatic heterocycles. The standard InChI is InChI=1S/C23H27N3O3/c1-4-28-21-11-10-18(12-22(21)29-5-2)13-23(27)25-20-14-24-26(16-20)15-19-9-7-6-8-17(19)3/h6-12,14,16H,4-5,13,15H2,1-3H3,(H,25,27). The van der Waals surface area contributed by atoms with Crippen LogP contribution in [-0.4, -0.2) is 28.9 Å². The number of aryl methyl sites for hydroxylation is 1. The second-order valence-corrected chi connectivity index (χ2v) is 6.73. The zero-order valence-electron chi connectivity index (χ0n) is 17.1. The maximum Gasteiger partial charge on any atom is 0.228 e. The summed E-state index contributed by atoms with van der Waals surface area (Å²) in [4.78, 5) is 12.5. The van der Waals surface area contributed by atoms with Gasteiger partial charge < -0.3 is 14.8 Å². The Hall–Kier alpha value is -3.28. The van der Waals surface area contributed by atoms with Crippen LogP contribution in [0.2, 0.25) is 0 Å². The summed E-state index contributed by atoms with van der Waals surface area (Å²) in [6, 6.07) is 13.8. The van der Waals surface area contributed by atoms with E-state index < -0.39 is 0 Å². The van der Waals surface area contributed by atoms with E-state index in [-0.39, 0.29) is 12.3 Å². The lowest BCUT2D eigenvalue weighted by Crippen LogP contribution is -2.14. The van der Waals surface area contributed by atoms with Crippen molar-refractivity contribution in [3.05, 3.63) is 71.5 Å². The molecule has 0 saturated heterocycles. The highest BCUT2D eigenvalue weighted by Gasteiger charge is 2.11. The fourth-order valence-corrected chi connectivity index (χ4v) is 3.07. The smallest absolute Gasteiger partial charge is 0.228 e. The van der Waals surface area contributed by atoms with Crippen LogP contribution in [0.3, 0.4) is 0 Å². The van der Waals surface area contributed by atoms with Gasteiger partial charge in [-0.05, 0) is 49.6 Å². The van der Waals surface area contributed by atoms with E-state index in [0.717, 1.165) is 5.56 Å². The number of anilines is 1. The molecule has 0 aliphatic heterocycles. The Morgan fingerprint density at radius 1 is 1.07 bits per heavy atom. The molecular formula is C23H27N3O3. The Bertz CT molecular complexity index is 966. The first-order chi connectivity index (χ1) is 14.1. The van der Waals surface area contributed by atoms with Crippen LogP contribution in [0.5, 0.6) is 11.5 Å². The first-order valence-electron chi connectivity index (χ1n) is 9.84. The monoisotopic (exact) mass is 393 g/mol. The molecule has 0 spiro atoms. The normalized spacial score (nSPS) is 10.6. The van der Waals surface area contributed by atoms with Gasteiger partial charge in [0.1, 0.15) is 0 Å². The van der Waals surface area contributed by atoms with Gasteiger partial charge in [0.2, 0.25) is 5.91 Å². The van der Waals surface area contributed by atoms with Crippen LogP contribution >= 0.6 is 0 Å². The van der Waals surface area contributed by atoms with E-state index in [0.29, 0.717) is 36.9 Å². The quantitative estimate of drug-likeness (QED) is 0.591. The zero-order valence-corrected chi connectivity index (χ0v) is 17.1. The van der Waals surface area contributed by atoms with Crippen molar-refractivity contribution in [2.75, 3.05) is 18.5 Å². The lowest BCUT2D eigenvalue weighted by atomic mass is 10.1. The van der Waals surface area contributed by atoms with Gasteiger partial charge in [-0.2, -0.15) is 5.10 Å². The molecule has 152 valence electrons. The lowest BCUT2D eigenvalue weighted by molar-refractivity contribution is -0.115. The molecule has 6 heteroatoms. The third-order valence-corrected chi connectivity index (χ3v) is 4.48. The molecule has 0 saturated carbocycles. The van der Waals surface area contributed by atoms with E-state index in [4.69, 9.17) is 9.47 Å². The van der Waals surface area contributed by atoms with Gasteiger partial charge in [0.15, 0.2) is 11.5 Å². The lowest BCUT2D eigenvalue weighted by Gasteiger charge is -2.12. The molecule has 0 bridgehead atoms. The number of carbonyl (C=O) groups excluding carboxylic acids is 1. The third kappa shape index (κ3) is 5.60. The number of ether oxygens (including phenoxy) is 2. The van der Waals surface area contributed by atoms with Gasteiger partial charge in [-0.1, -0.05) is 30.3 Å².